The summed E-state index contributed by atoms with van der Waals surface area (Å²) in [5.74, 6) is -1.53. The number of carboxylic acids is 1. The molecule has 2 heterocycles. The predicted molar refractivity (Wildman–Crippen MR) is 65.9 cm³/mol. The van der Waals surface area contributed by atoms with Gasteiger partial charge in [0, 0.05) is 19.5 Å². The van der Waals surface area contributed by atoms with E-state index in [9.17, 15) is 19.7 Å². The van der Waals surface area contributed by atoms with Gasteiger partial charge in [-0.25, -0.2) is 4.79 Å². The van der Waals surface area contributed by atoms with E-state index in [0.717, 1.165) is 0 Å². The van der Waals surface area contributed by atoms with Gasteiger partial charge < -0.3 is 24.7 Å². The van der Waals surface area contributed by atoms with Crippen LogP contribution in [0.25, 0.3) is 0 Å². The van der Waals surface area contributed by atoms with Crippen LogP contribution in [0.3, 0.4) is 0 Å². The van der Waals surface area contributed by atoms with Crippen molar-refractivity contribution in [3.05, 3.63) is 22.6 Å². The lowest BCUT2D eigenvalue weighted by atomic mass is 10.2. The summed E-state index contributed by atoms with van der Waals surface area (Å²) in [6.07, 6.45) is 3.77. The quantitative estimate of drug-likeness (QED) is 0.611. The summed E-state index contributed by atoms with van der Waals surface area (Å²) in [5.41, 5.74) is 0. The van der Waals surface area contributed by atoms with E-state index >= 15 is 0 Å². The largest absolute Gasteiger partial charge is 0.480 e. The van der Waals surface area contributed by atoms with Crippen molar-refractivity contribution < 1.29 is 19.6 Å². The van der Waals surface area contributed by atoms with E-state index in [2.05, 4.69) is 4.98 Å². The van der Waals surface area contributed by atoms with E-state index < -0.39 is 16.9 Å². The molecule has 1 atom stereocenters. The maximum atomic E-state index is 12.0. The number of carboxylic acid groups (broad SMARTS) is 1. The van der Waals surface area contributed by atoms with Crippen molar-refractivity contribution in [1.29, 1.82) is 0 Å². The number of amides is 1. The molecule has 1 N–H and O–H groups in total. The van der Waals surface area contributed by atoms with Crippen molar-refractivity contribution in [2.45, 2.75) is 31.8 Å². The minimum absolute atomic E-state index is 0.0945. The number of rotatable bonds is 5. The number of hydrogen-bond donors (Lipinski definition) is 1. The van der Waals surface area contributed by atoms with Crippen LogP contribution >= 0.6 is 0 Å². The van der Waals surface area contributed by atoms with Gasteiger partial charge >= 0.3 is 11.8 Å². The number of carbonyl (C=O) groups is 2. The number of aryl methyl sites for hydroxylation is 1. The number of hydrogen-bond acceptors (Lipinski definition) is 5. The van der Waals surface area contributed by atoms with Gasteiger partial charge in [-0.3, -0.25) is 4.79 Å². The first kappa shape index (κ1) is 14.0. The third-order valence-electron chi connectivity index (χ3n) is 3.25. The Bertz CT molecular complexity index is 541. The molecule has 108 valence electrons. The minimum atomic E-state index is -0.992. The zero-order chi connectivity index (χ0) is 14.7. The maximum absolute atomic E-state index is 12.0. The molecule has 0 spiro atoms. The fourth-order valence-electron chi connectivity index (χ4n) is 2.26. The molecule has 1 fully saturated rings. The second-order valence-electron chi connectivity index (χ2n) is 4.56. The van der Waals surface area contributed by atoms with E-state index in [1.165, 1.54) is 22.0 Å². The van der Waals surface area contributed by atoms with Crippen molar-refractivity contribution in [2.24, 2.45) is 0 Å². The number of nitro groups is 1. The predicted octanol–water partition coefficient (Wildman–Crippen LogP) is 0.257. The van der Waals surface area contributed by atoms with Crippen LogP contribution in [0.5, 0.6) is 0 Å². The summed E-state index contributed by atoms with van der Waals surface area (Å²) < 4.78 is 1.45. The number of aromatic nitrogens is 2. The molecule has 2 rings (SSSR count). The molecule has 1 saturated heterocycles. The van der Waals surface area contributed by atoms with Crippen molar-refractivity contribution >= 4 is 17.7 Å². The Hall–Kier alpha value is -2.45. The number of carbonyl (C=O) groups excluding carboxylic acids is 1. The van der Waals surface area contributed by atoms with Crippen LogP contribution in [0.15, 0.2) is 12.5 Å². The molecule has 20 heavy (non-hydrogen) atoms. The molecule has 1 aromatic heterocycles. The van der Waals surface area contributed by atoms with E-state index in [4.69, 9.17) is 5.11 Å². The lowest BCUT2D eigenvalue weighted by molar-refractivity contribution is -0.389. The molecule has 0 bridgehead atoms. The SMILES string of the molecule is O=C(O)C1CCCN1C(=O)CCn1cnc([N+](=O)[O-])c1. The molecule has 1 aliphatic rings. The summed E-state index contributed by atoms with van der Waals surface area (Å²) in [4.78, 5) is 37.7. The Morgan fingerprint density at radius 3 is 2.90 bits per heavy atom. The number of nitrogens with zero attached hydrogens (tertiary/aromatic N) is 4. The first-order valence-corrected chi connectivity index (χ1v) is 6.17. The third kappa shape index (κ3) is 2.92. The van der Waals surface area contributed by atoms with E-state index in [-0.39, 0.29) is 24.7 Å². The highest BCUT2D eigenvalue weighted by atomic mass is 16.6. The van der Waals surface area contributed by atoms with Crippen molar-refractivity contribution in [3.8, 4) is 0 Å². The van der Waals surface area contributed by atoms with Gasteiger partial charge in [-0.15, -0.1) is 0 Å². The Balaban J connectivity index is 1.91. The zero-order valence-corrected chi connectivity index (χ0v) is 10.6. The summed E-state index contributed by atoms with van der Waals surface area (Å²) in [6.45, 7) is 0.683. The summed E-state index contributed by atoms with van der Waals surface area (Å²) in [5, 5.41) is 19.5. The lowest BCUT2D eigenvalue weighted by Gasteiger charge is -2.21. The van der Waals surface area contributed by atoms with Crippen molar-refractivity contribution in [1.82, 2.24) is 14.5 Å². The standard InChI is InChI=1S/C11H14N4O5/c16-10(14-4-1-2-8(14)11(17)18)3-5-13-6-9(12-7-13)15(19)20/h6-8H,1-5H2,(H,17,18). The molecule has 9 heteroatoms. The molecule has 0 radical (unpaired) electrons. The lowest BCUT2D eigenvalue weighted by Crippen LogP contribution is -2.40. The normalized spacial score (nSPS) is 18.2. The maximum Gasteiger partial charge on any atom is 0.381 e. The molecule has 1 unspecified atom stereocenters. The van der Waals surface area contributed by atoms with E-state index in [1.54, 1.807) is 0 Å². The van der Waals surface area contributed by atoms with Gasteiger partial charge in [0.25, 0.3) is 0 Å². The van der Waals surface area contributed by atoms with Gasteiger partial charge in [-0.2, -0.15) is 0 Å². The van der Waals surface area contributed by atoms with Crippen LogP contribution in [-0.4, -0.2) is 48.9 Å². The van der Waals surface area contributed by atoms with Crippen molar-refractivity contribution in [3.63, 3.8) is 0 Å². The second kappa shape index (κ2) is 5.68. The van der Waals surface area contributed by atoms with E-state index in [1.807, 2.05) is 0 Å². The molecule has 0 aliphatic carbocycles. The molecule has 1 aliphatic heterocycles. The Morgan fingerprint density at radius 2 is 2.30 bits per heavy atom. The van der Waals surface area contributed by atoms with Crippen LogP contribution in [0.2, 0.25) is 0 Å². The summed E-state index contributed by atoms with van der Waals surface area (Å²) in [6, 6.07) is -0.750. The first-order valence-electron chi connectivity index (χ1n) is 6.17. The molecule has 0 aromatic carbocycles. The van der Waals surface area contributed by atoms with Crippen LogP contribution in [0.1, 0.15) is 19.3 Å². The summed E-state index contributed by atoms with van der Waals surface area (Å²) >= 11 is 0. The van der Waals surface area contributed by atoms with Gasteiger partial charge in [0.05, 0.1) is 0 Å². The Morgan fingerprint density at radius 1 is 1.55 bits per heavy atom. The molecular formula is C11H14N4O5. The molecule has 1 amide bonds. The zero-order valence-electron chi connectivity index (χ0n) is 10.6. The fraction of sp³-hybridized carbons (Fsp3) is 0.545. The highest BCUT2D eigenvalue weighted by Crippen LogP contribution is 2.18. The molecular weight excluding hydrogens is 268 g/mol. The van der Waals surface area contributed by atoms with Crippen LogP contribution in [0, 0.1) is 10.1 Å². The Labute approximate surface area is 114 Å². The van der Waals surface area contributed by atoms with Crippen LogP contribution in [-0.2, 0) is 16.1 Å². The smallest absolute Gasteiger partial charge is 0.381 e. The average molecular weight is 282 g/mol. The van der Waals surface area contributed by atoms with Gasteiger partial charge in [-0.05, 0) is 22.7 Å². The summed E-state index contributed by atoms with van der Waals surface area (Å²) in [7, 11) is 0. The van der Waals surface area contributed by atoms with Crippen molar-refractivity contribution in [2.75, 3.05) is 6.54 Å². The monoisotopic (exact) mass is 282 g/mol. The highest BCUT2D eigenvalue weighted by Gasteiger charge is 2.33. The third-order valence-corrected chi connectivity index (χ3v) is 3.25. The van der Waals surface area contributed by atoms with Gasteiger partial charge in [-0.1, -0.05) is 0 Å². The van der Waals surface area contributed by atoms with Gasteiger partial charge in [0.2, 0.25) is 12.2 Å². The van der Waals surface area contributed by atoms with Crippen LogP contribution < -0.4 is 0 Å². The number of likely N-dealkylation sites (tertiary alicyclic amines) is 1. The van der Waals surface area contributed by atoms with Gasteiger partial charge in [0.1, 0.15) is 12.2 Å². The molecule has 1 aromatic rings. The van der Waals surface area contributed by atoms with E-state index in [0.29, 0.717) is 19.4 Å². The Kier molecular flexibility index (Phi) is 3.97. The number of aliphatic carboxylic acids is 1. The fourth-order valence-corrected chi connectivity index (χ4v) is 2.26. The topological polar surface area (TPSA) is 119 Å². The van der Waals surface area contributed by atoms with Gasteiger partial charge in [0.15, 0.2) is 0 Å². The first-order chi connectivity index (χ1) is 9.49. The second-order valence-corrected chi connectivity index (χ2v) is 4.56. The number of imidazole rings is 1. The van der Waals surface area contributed by atoms with Crippen LogP contribution in [0.4, 0.5) is 5.82 Å². The highest BCUT2D eigenvalue weighted by molar-refractivity contribution is 5.84. The average Bonchev–Trinajstić information content (AvgIpc) is 3.04. The molecule has 0 saturated carbocycles. The minimum Gasteiger partial charge on any atom is -0.480 e. The molecule has 9 nitrogen and oxygen atoms in total.